The molecule has 0 aromatic carbocycles. The number of hydrogen-bond donors (Lipinski definition) is 4. The van der Waals surface area contributed by atoms with Crippen molar-refractivity contribution in [3.63, 3.8) is 0 Å². The van der Waals surface area contributed by atoms with E-state index in [1.807, 2.05) is 0 Å². The van der Waals surface area contributed by atoms with Gasteiger partial charge in [0.25, 0.3) is 20.2 Å². The molecule has 0 aliphatic heterocycles. The topological polar surface area (TPSA) is 229 Å². The van der Waals surface area contributed by atoms with Crippen molar-refractivity contribution in [2.45, 2.75) is 29.8 Å². The molecule has 4 unspecified atom stereocenters. The van der Waals surface area contributed by atoms with Crippen molar-refractivity contribution in [2.75, 3.05) is 34.5 Å². The molecule has 17 heteroatoms. The van der Waals surface area contributed by atoms with Crippen LogP contribution in [-0.2, 0) is 25.0 Å². The molecule has 37 heavy (non-hydrogen) atoms. The number of carbonyl (C=O) groups excluding carboxylic acids is 1. The van der Waals surface area contributed by atoms with Crippen molar-refractivity contribution in [2.24, 2.45) is 11.8 Å². The molecular weight excluding hydrogens is 565 g/mol. The lowest BCUT2D eigenvalue weighted by Crippen LogP contribution is -2.35. The number of hydrogen-bond acceptors (Lipinski definition) is 13. The van der Waals surface area contributed by atoms with Crippen molar-refractivity contribution >= 4 is 60.9 Å². The molecule has 1 aliphatic carbocycles. The van der Waals surface area contributed by atoms with Crippen LogP contribution in [0.1, 0.15) is 41.3 Å². The quantitative estimate of drug-likeness (QED) is 0.255. The molecule has 0 amide bonds. The highest BCUT2D eigenvalue weighted by atomic mass is 32.2. The molecule has 2 heterocycles. The molecule has 0 spiro atoms. The fourth-order valence-electron chi connectivity index (χ4n) is 4.12. The minimum absolute atomic E-state index is 0.00893. The zero-order valence-electron chi connectivity index (χ0n) is 19.6. The van der Waals surface area contributed by atoms with E-state index >= 15 is 0 Å². The number of nitrogen functional groups attached to an aromatic ring is 2. The van der Waals surface area contributed by atoms with E-state index in [1.165, 1.54) is 24.9 Å². The van der Waals surface area contributed by atoms with Crippen LogP contribution < -0.4 is 11.5 Å². The van der Waals surface area contributed by atoms with Crippen LogP contribution in [0.15, 0.2) is 24.9 Å². The van der Waals surface area contributed by atoms with Crippen molar-refractivity contribution in [1.29, 1.82) is 0 Å². The second-order valence-electron chi connectivity index (χ2n) is 8.44. The Kier molecular flexibility index (Phi) is 10.1. The first kappa shape index (κ1) is 29.5. The summed E-state index contributed by atoms with van der Waals surface area (Å²) < 4.78 is 63.5. The monoisotopic (exact) mass is 592 g/mol. The maximum absolute atomic E-state index is 13.9. The molecule has 1 saturated carbocycles. The smallest absolute Gasteiger partial charge is 0.265 e. The highest BCUT2D eigenvalue weighted by molar-refractivity contribution is 8.00. The van der Waals surface area contributed by atoms with Gasteiger partial charge < -0.3 is 11.5 Å². The lowest BCUT2D eigenvalue weighted by Gasteiger charge is -2.36. The van der Waals surface area contributed by atoms with Crippen LogP contribution in [0, 0.1) is 11.8 Å². The van der Waals surface area contributed by atoms with Gasteiger partial charge in [-0.2, -0.15) is 28.6 Å². The van der Waals surface area contributed by atoms with Crippen molar-refractivity contribution in [3.05, 3.63) is 36.4 Å². The number of thioether (sulfide) groups is 2. The molecule has 3 rings (SSSR count). The Labute approximate surface area is 223 Å². The first-order valence-electron chi connectivity index (χ1n) is 11.2. The summed E-state index contributed by atoms with van der Waals surface area (Å²) in [6.45, 7) is 0. The third-order valence-electron chi connectivity index (χ3n) is 5.76. The van der Waals surface area contributed by atoms with Crippen molar-refractivity contribution < 1.29 is 30.7 Å². The Morgan fingerprint density at radius 1 is 0.892 bits per heavy atom. The van der Waals surface area contributed by atoms with Gasteiger partial charge in [-0.15, -0.1) is 11.8 Å². The van der Waals surface area contributed by atoms with Gasteiger partial charge in [0.15, 0.2) is 0 Å². The van der Waals surface area contributed by atoms with Crippen LogP contribution in [-0.4, -0.2) is 74.7 Å². The molecule has 0 saturated heterocycles. The molecule has 1 aliphatic rings. The number of ketones is 1. The minimum atomic E-state index is -4.21. The molecule has 6 N–H and O–H groups in total. The molecule has 0 bridgehead atoms. The zero-order valence-corrected chi connectivity index (χ0v) is 22.8. The van der Waals surface area contributed by atoms with E-state index in [0.717, 1.165) is 23.5 Å². The Hall–Kier alpha value is -2.05. The molecule has 2 aromatic heterocycles. The van der Waals surface area contributed by atoms with E-state index in [0.29, 0.717) is 36.5 Å². The van der Waals surface area contributed by atoms with Crippen molar-refractivity contribution in [3.8, 4) is 0 Å². The number of aromatic nitrogens is 4. The average Bonchev–Trinajstić information content (AvgIpc) is 2.81. The summed E-state index contributed by atoms with van der Waals surface area (Å²) in [5.74, 6) is -2.01. The van der Waals surface area contributed by atoms with Crippen LogP contribution in [0.2, 0.25) is 0 Å². The van der Waals surface area contributed by atoms with Crippen LogP contribution in [0.5, 0.6) is 0 Å². The second-order valence-corrected chi connectivity index (χ2v) is 14.1. The number of carbonyl (C=O) groups is 1. The fraction of sp³-hybridized carbons (Fsp3) is 0.550. The lowest BCUT2D eigenvalue weighted by molar-refractivity contribution is -0.129. The van der Waals surface area contributed by atoms with Crippen molar-refractivity contribution in [1.82, 2.24) is 19.9 Å². The van der Waals surface area contributed by atoms with Crippen LogP contribution >= 0.6 is 23.5 Å². The van der Waals surface area contributed by atoms with Gasteiger partial charge in [0.2, 0.25) is 0 Å². The van der Waals surface area contributed by atoms with E-state index in [-0.39, 0.29) is 23.0 Å². The third kappa shape index (κ3) is 8.75. The van der Waals surface area contributed by atoms with Crippen LogP contribution in [0.4, 0.5) is 11.4 Å². The Balaban J connectivity index is 1.92. The number of nitrogens with zero attached hydrogens (tertiary/aromatic N) is 4. The van der Waals surface area contributed by atoms with E-state index < -0.39 is 54.1 Å². The number of Topliss-reactive ketones (excluding diaryl/α,β-unsaturated/α-hetero) is 1. The SMILES string of the molecule is Nc1cnc(C(SCCS(=O)(=O)O)C2CCCC(C(SCCS(=O)(=O)O)c3ncncc3N)C2=O)nc1. The minimum Gasteiger partial charge on any atom is -0.396 e. The van der Waals surface area contributed by atoms with Gasteiger partial charge in [-0.05, 0) is 12.8 Å². The van der Waals surface area contributed by atoms with Gasteiger partial charge in [0, 0.05) is 23.3 Å². The van der Waals surface area contributed by atoms with Crippen LogP contribution in [0.3, 0.4) is 0 Å². The van der Waals surface area contributed by atoms with Gasteiger partial charge >= 0.3 is 0 Å². The highest BCUT2D eigenvalue weighted by Crippen LogP contribution is 2.48. The largest absolute Gasteiger partial charge is 0.396 e. The summed E-state index contributed by atoms with van der Waals surface area (Å²) in [6.07, 6.45) is 7.13. The van der Waals surface area contributed by atoms with E-state index in [4.69, 9.17) is 16.0 Å². The van der Waals surface area contributed by atoms with Gasteiger partial charge in [0.1, 0.15) is 17.9 Å². The summed E-state index contributed by atoms with van der Waals surface area (Å²) in [5, 5.41) is -1.21. The van der Waals surface area contributed by atoms with Gasteiger partial charge in [-0.25, -0.2) is 19.9 Å². The number of nitrogens with two attached hydrogens (primary N) is 2. The van der Waals surface area contributed by atoms with E-state index in [9.17, 15) is 26.2 Å². The molecule has 1 fully saturated rings. The Bertz CT molecular complexity index is 1290. The number of rotatable bonds is 12. The molecular formula is C20H28N6O7S4. The van der Waals surface area contributed by atoms with Gasteiger partial charge in [-0.1, -0.05) is 6.42 Å². The summed E-state index contributed by atoms with van der Waals surface area (Å²) >= 11 is 2.32. The van der Waals surface area contributed by atoms with Gasteiger partial charge in [-0.3, -0.25) is 13.9 Å². The molecule has 0 radical (unpaired) electrons. The van der Waals surface area contributed by atoms with Crippen LogP contribution in [0.25, 0.3) is 0 Å². The highest BCUT2D eigenvalue weighted by Gasteiger charge is 2.43. The summed E-state index contributed by atoms with van der Waals surface area (Å²) in [6, 6.07) is 0. The Morgan fingerprint density at radius 3 is 1.97 bits per heavy atom. The first-order chi connectivity index (χ1) is 17.4. The number of anilines is 2. The Morgan fingerprint density at radius 2 is 1.43 bits per heavy atom. The molecule has 204 valence electrons. The lowest BCUT2D eigenvalue weighted by atomic mass is 9.76. The standard InChI is InChI=1S/C20H28N6O7S4/c21-12-8-24-20(25-9-12)19(35-5-7-37(31,32)33)14-3-1-2-13(17(14)27)18(34-4-6-36(28,29)30)16-15(22)10-23-11-26-16/h8-11,13-14,18-19H,1-7,21-22H2,(H,28,29,30)(H,31,32,33). The predicted octanol–water partition coefficient (Wildman–Crippen LogP) is 1.44. The predicted molar refractivity (Wildman–Crippen MR) is 142 cm³/mol. The van der Waals surface area contributed by atoms with E-state index in [1.54, 1.807) is 0 Å². The fourth-order valence-corrected chi connectivity index (χ4v) is 8.71. The summed E-state index contributed by atoms with van der Waals surface area (Å²) in [4.78, 5) is 30.6. The molecule has 4 atom stereocenters. The molecule has 2 aromatic rings. The normalized spacial score (nSPS) is 20.4. The average molecular weight is 593 g/mol. The summed E-state index contributed by atoms with van der Waals surface area (Å²) in [5.41, 5.74) is 12.8. The van der Waals surface area contributed by atoms with Gasteiger partial charge in [0.05, 0.1) is 57.7 Å². The maximum atomic E-state index is 13.9. The maximum Gasteiger partial charge on any atom is 0.265 e. The second kappa shape index (κ2) is 12.7. The zero-order chi connectivity index (χ0) is 27.2. The third-order valence-corrected chi connectivity index (χ3v) is 10.4. The summed E-state index contributed by atoms with van der Waals surface area (Å²) in [7, 11) is -8.42. The first-order valence-corrected chi connectivity index (χ1v) is 16.5. The molecule has 13 nitrogen and oxygen atoms in total. The van der Waals surface area contributed by atoms with E-state index in [2.05, 4.69) is 19.9 Å².